The summed E-state index contributed by atoms with van der Waals surface area (Å²) >= 11 is 2.77. The molecule has 104 valence electrons. The molecule has 20 heavy (non-hydrogen) atoms. The van der Waals surface area contributed by atoms with Gasteiger partial charge in [-0.15, -0.1) is 23.1 Å². The van der Waals surface area contributed by atoms with Gasteiger partial charge in [-0.3, -0.25) is 9.59 Å². The average molecular weight is 305 g/mol. The van der Waals surface area contributed by atoms with Crippen molar-refractivity contribution >= 4 is 40.5 Å². The largest absolute Gasteiger partial charge is 0.325 e. The zero-order valence-electron chi connectivity index (χ0n) is 11.1. The van der Waals surface area contributed by atoms with Crippen molar-refractivity contribution < 1.29 is 9.59 Å². The van der Waals surface area contributed by atoms with Gasteiger partial charge in [-0.1, -0.05) is 18.2 Å². The number of benzene rings is 1. The Bertz CT molecular complexity index is 594. The monoisotopic (exact) mass is 305 g/mol. The Balaban J connectivity index is 1.74. The van der Waals surface area contributed by atoms with Crippen molar-refractivity contribution in [2.45, 2.75) is 6.92 Å². The van der Waals surface area contributed by atoms with Crippen molar-refractivity contribution in [2.75, 3.05) is 16.8 Å². The van der Waals surface area contributed by atoms with Gasteiger partial charge in [0, 0.05) is 5.69 Å². The number of anilines is 1. The number of hydrogen-bond donors (Lipinski definition) is 1. The maximum absolute atomic E-state index is 11.8. The maximum Gasteiger partial charge on any atom is 0.234 e. The molecule has 0 aliphatic heterocycles. The summed E-state index contributed by atoms with van der Waals surface area (Å²) in [6.07, 6.45) is 0. The minimum Gasteiger partial charge on any atom is -0.325 e. The highest BCUT2D eigenvalue weighted by molar-refractivity contribution is 8.00. The van der Waals surface area contributed by atoms with Gasteiger partial charge in [0.2, 0.25) is 5.91 Å². The molecular formula is C15H15NO2S2. The van der Waals surface area contributed by atoms with E-state index in [0.717, 1.165) is 16.1 Å². The molecule has 0 fully saturated rings. The SMILES string of the molecule is Cc1cccc(NC(=O)CSCC(=O)c2cccs2)c1. The quantitative estimate of drug-likeness (QED) is 0.829. The summed E-state index contributed by atoms with van der Waals surface area (Å²) in [5, 5.41) is 4.70. The first kappa shape index (κ1) is 14.8. The fourth-order valence-corrected chi connectivity index (χ4v) is 3.12. The number of Topliss-reactive ketones (excluding diaryl/α,β-unsaturated/α-hetero) is 1. The van der Waals surface area contributed by atoms with Crippen molar-refractivity contribution in [1.29, 1.82) is 0 Å². The van der Waals surface area contributed by atoms with Crippen LogP contribution in [-0.2, 0) is 4.79 Å². The van der Waals surface area contributed by atoms with E-state index in [4.69, 9.17) is 0 Å². The molecule has 0 saturated carbocycles. The lowest BCUT2D eigenvalue weighted by atomic mass is 10.2. The van der Waals surface area contributed by atoms with Crippen LogP contribution in [0.15, 0.2) is 41.8 Å². The summed E-state index contributed by atoms with van der Waals surface area (Å²) in [4.78, 5) is 24.2. The van der Waals surface area contributed by atoms with Gasteiger partial charge in [-0.2, -0.15) is 0 Å². The molecule has 1 aromatic carbocycles. The highest BCUT2D eigenvalue weighted by atomic mass is 32.2. The first-order valence-electron chi connectivity index (χ1n) is 6.16. The highest BCUT2D eigenvalue weighted by Crippen LogP contribution is 2.14. The second-order valence-electron chi connectivity index (χ2n) is 4.31. The molecule has 1 amide bonds. The van der Waals surface area contributed by atoms with E-state index in [1.54, 1.807) is 6.07 Å². The Labute approximate surface area is 126 Å². The summed E-state index contributed by atoms with van der Waals surface area (Å²) < 4.78 is 0. The van der Waals surface area contributed by atoms with Crippen LogP contribution < -0.4 is 5.32 Å². The van der Waals surface area contributed by atoms with Crippen LogP contribution in [-0.4, -0.2) is 23.2 Å². The van der Waals surface area contributed by atoms with E-state index in [1.807, 2.05) is 42.6 Å². The second kappa shape index (κ2) is 7.26. The Morgan fingerprint density at radius 2 is 2.05 bits per heavy atom. The Hall–Kier alpha value is -1.59. The third-order valence-electron chi connectivity index (χ3n) is 2.56. The summed E-state index contributed by atoms with van der Waals surface area (Å²) in [5.41, 5.74) is 1.89. The van der Waals surface area contributed by atoms with Crippen LogP contribution in [0, 0.1) is 6.92 Å². The van der Waals surface area contributed by atoms with E-state index in [2.05, 4.69) is 5.32 Å². The third kappa shape index (κ3) is 4.51. The van der Waals surface area contributed by atoms with E-state index in [-0.39, 0.29) is 17.4 Å². The van der Waals surface area contributed by atoms with Crippen molar-refractivity contribution in [3.8, 4) is 0 Å². The minimum absolute atomic E-state index is 0.0772. The van der Waals surface area contributed by atoms with Gasteiger partial charge < -0.3 is 5.32 Å². The lowest BCUT2D eigenvalue weighted by molar-refractivity contribution is -0.113. The molecule has 0 atom stereocenters. The van der Waals surface area contributed by atoms with Gasteiger partial charge in [0.15, 0.2) is 5.78 Å². The van der Waals surface area contributed by atoms with E-state index in [1.165, 1.54) is 23.1 Å². The van der Waals surface area contributed by atoms with Crippen LogP contribution in [0.5, 0.6) is 0 Å². The fourth-order valence-electron chi connectivity index (χ4n) is 1.66. The van der Waals surface area contributed by atoms with Crippen LogP contribution in [0.25, 0.3) is 0 Å². The Morgan fingerprint density at radius 3 is 2.75 bits per heavy atom. The molecule has 1 aromatic heterocycles. The number of carbonyl (C=O) groups excluding carboxylic acids is 2. The summed E-state index contributed by atoms with van der Waals surface area (Å²) in [6, 6.07) is 11.3. The standard InChI is InChI=1S/C15H15NO2S2/c1-11-4-2-5-12(8-11)16-15(18)10-19-9-13(17)14-6-3-7-20-14/h2-8H,9-10H2,1H3,(H,16,18). The van der Waals surface area contributed by atoms with Crippen LogP contribution in [0.3, 0.4) is 0 Å². The van der Waals surface area contributed by atoms with Crippen LogP contribution >= 0.6 is 23.1 Å². The topological polar surface area (TPSA) is 46.2 Å². The number of amides is 1. The Kier molecular flexibility index (Phi) is 5.38. The maximum atomic E-state index is 11.8. The molecule has 1 heterocycles. The smallest absolute Gasteiger partial charge is 0.234 e. The zero-order chi connectivity index (χ0) is 14.4. The molecule has 0 spiro atoms. The molecule has 2 aromatic rings. The molecular weight excluding hydrogens is 290 g/mol. The van der Waals surface area contributed by atoms with Crippen molar-refractivity contribution in [3.05, 3.63) is 52.2 Å². The lowest BCUT2D eigenvalue weighted by Gasteiger charge is -2.05. The molecule has 0 radical (unpaired) electrons. The van der Waals surface area contributed by atoms with Gasteiger partial charge in [0.25, 0.3) is 0 Å². The van der Waals surface area contributed by atoms with Gasteiger partial charge in [-0.05, 0) is 36.1 Å². The molecule has 3 nitrogen and oxygen atoms in total. The number of thiophene rings is 1. The van der Waals surface area contributed by atoms with Crippen LogP contribution in [0.1, 0.15) is 15.2 Å². The highest BCUT2D eigenvalue weighted by Gasteiger charge is 2.09. The Morgan fingerprint density at radius 1 is 1.20 bits per heavy atom. The molecule has 0 aliphatic carbocycles. The molecule has 0 bridgehead atoms. The molecule has 2 rings (SSSR count). The van der Waals surface area contributed by atoms with Gasteiger partial charge in [-0.25, -0.2) is 0 Å². The predicted octanol–water partition coefficient (Wildman–Crippen LogP) is 3.61. The zero-order valence-corrected chi connectivity index (χ0v) is 12.7. The predicted molar refractivity (Wildman–Crippen MR) is 85.8 cm³/mol. The number of ketones is 1. The lowest BCUT2D eigenvalue weighted by Crippen LogP contribution is -2.15. The molecule has 0 unspecified atom stereocenters. The molecule has 0 saturated heterocycles. The van der Waals surface area contributed by atoms with Crippen molar-refractivity contribution in [2.24, 2.45) is 0 Å². The van der Waals surface area contributed by atoms with E-state index in [0.29, 0.717) is 5.75 Å². The number of rotatable bonds is 6. The number of nitrogens with one attached hydrogen (secondary N) is 1. The third-order valence-corrected chi connectivity index (χ3v) is 4.41. The number of carbonyl (C=O) groups is 2. The number of aryl methyl sites for hydroxylation is 1. The van der Waals surface area contributed by atoms with Crippen LogP contribution in [0.4, 0.5) is 5.69 Å². The van der Waals surface area contributed by atoms with Crippen molar-refractivity contribution in [1.82, 2.24) is 0 Å². The van der Waals surface area contributed by atoms with Gasteiger partial charge >= 0.3 is 0 Å². The number of hydrogen-bond acceptors (Lipinski definition) is 4. The molecule has 1 N–H and O–H groups in total. The minimum atomic E-state index is -0.0837. The van der Waals surface area contributed by atoms with E-state index < -0.39 is 0 Å². The fraction of sp³-hybridized carbons (Fsp3) is 0.200. The number of thioether (sulfide) groups is 1. The first-order valence-corrected chi connectivity index (χ1v) is 8.19. The van der Waals surface area contributed by atoms with Gasteiger partial charge in [0.05, 0.1) is 16.4 Å². The summed E-state index contributed by atoms with van der Waals surface area (Å²) in [7, 11) is 0. The molecule has 5 heteroatoms. The van der Waals surface area contributed by atoms with Crippen LogP contribution in [0.2, 0.25) is 0 Å². The van der Waals surface area contributed by atoms with Gasteiger partial charge in [0.1, 0.15) is 0 Å². The van der Waals surface area contributed by atoms with Crippen molar-refractivity contribution in [3.63, 3.8) is 0 Å². The summed E-state index contributed by atoms with van der Waals surface area (Å²) in [5.74, 6) is 0.611. The molecule has 0 aliphatic rings. The average Bonchev–Trinajstić information content (AvgIpc) is 2.92. The summed E-state index contributed by atoms with van der Waals surface area (Å²) in [6.45, 7) is 1.98. The van der Waals surface area contributed by atoms with E-state index >= 15 is 0 Å². The first-order chi connectivity index (χ1) is 9.65. The normalized spacial score (nSPS) is 10.2. The second-order valence-corrected chi connectivity index (χ2v) is 6.24. The van der Waals surface area contributed by atoms with E-state index in [9.17, 15) is 9.59 Å².